The molecule has 0 bridgehead atoms. The minimum Gasteiger partial charge on any atom is -0.327 e. The minimum absolute atomic E-state index is 0.798. The molecule has 0 amide bonds. The summed E-state index contributed by atoms with van der Waals surface area (Å²) in [4.78, 5) is 10.5. The van der Waals surface area contributed by atoms with E-state index in [1.54, 1.807) is 10.9 Å². The molecule has 23 heavy (non-hydrogen) atoms. The van der Waals surface area contributed by atoms with Crippen molar-refractivity contribution in [3.63, 3.8) is 0 Å². The van der Waals surface area contributed by atoms with E-state index in [1.807, 2.05) is 72.6 Å². The second kappa shape index (κ2) is 5.20. The van der Waals surface area contributed by atoms with Crippen molar-refractivity contribution >= 4 is 17.2 Å². The van der Waals surface area contributed by atoms with Crippen molar-refractivity contribution in [2.75, 3.05) is 11.9 Å². The summed E-state index contributed by atoms with van der Waals surface area (Å²) < 4.78 is 3.60. The van der Waals surface area contributed by atoms with Crippen LogP contribution < -0.4 is 4.90 Å². The fourth-order valence-corrected chi connectivity index (χ4v) is 2.48. The summed E-state index contributed by atoms with van der Waals surface area (Å²) in [6, 6.07) is 7.80. The van der Waals surface area contributed by atoms with Crippen molar-refractivity contribution in [2.45, 2.75) is 0 Å². The van der Waals surface area contributed by atoms with Crippen LogP contribution in [0.4, 0.5) is 11.5 Å². The second-order valence-electron chi connectivity index (χ2n) is 5.28. The Morgan fingerprint density at radius 3 is 2.74 bits per heavy atom. The van der Waals surface area contributed by atoms with Gasteiger partial charge in [-0.1, -0.05) is 0 Å². The highest BCUT2D eigenvalue weighted by atomic mass is 15.3. The summed E-state index contributed by atoms with van der Waals surface area (Å²) in [6.45, 7) is 0. The Hall–Kier alpha value is -3.22. The first-order valence-corrected chi connectivity index (χ1v) is 7.20. The van der Waals surface area contributed by atoms with Crippen LogP contribution in [0.25, 0.3) is 16.9 Å². The lowest BCUT2D eigenvalue weighted by Gasteiger charge is -2.17. The predicted octanol–water partition coefficient (Wildman–Crippen LogP) is 2.29. The highest BCUT2D eigenvalue weighted by Gasteiger charge is 2.12. The van der Waals surface area contributed by atoms with Gasteiger partial charge in [-0.25, -0.2) is 9.50 Å². The molecule has 7 heteroatoms. The third-order valence-electron chi connectivity index (χ3n) is 3.73. The second-order valence-corrected chi connectivity index (χ2v) is 5.28. The lowest BCUT2D eigenvalue weighted by molar-refractivity contribution is 0.768. The largest absolute Gasteiger partial charge is 0.327 e. The number of hydrogen-bond acceptors (Lipinski definition) is 5. The summed E-state index contributed by atoms with van der Waals surface area (Å²) in [5, 5.41) is 8.93. The predicted molar refractivity (Wildman–Crippen MR) is 87.5 cm³/mol. The highest BCUT2D eigenvalue weighted by molar-refractivity contribution is 5.64. The van der Waals surface area contributed by atoms with Crippen molar-refractivity contribution in [3.05, 3.63) is 55.2 Å². The Morgan fingerprint density at radius 2 is 2.00 bits per heavy atom. The summed E-state index contributed by atoms with van der Waals surface area (Å²) in [7, 11) is 3.85. The molecule has 0 aliphatic heterocycles. The first-order chi connectivity index (χ1) is 11.2. The van der Waals surface area contributed by atoms with Crippen LogP contribution in [0, 0.1) is 0 Å². The number of anilines is 2. The molecule has 0 unspecified atom stereocenters. The van der Waals surface area contributed by atoms with Gasteiger partial charge in [-0.2, -0.15) is 5.10 Å². The molecule has 0 radical (unpaired) electrons. The maximum atomic E-state index is 4.71. The number of nitrogens with zero attached hydrogens (tertiary/aromatic N) is 7. The van der Waals surface area contributed by atoms with E-state index in [9.17, 15) is 0 Å². The lowest BCUT2D eigenvalue weighted by atomic mass is 10.3. The molecule has 0 aromatic carbocycles. The third-order valence-corrected chi connectivity index (χ3v) is 3.73. The number of fused-ring (bicyclic) bond motifs is 1. The quantitative estimate of drug-likeness (QED) is 0.581. The fourth-order valence-electron chi connectivity index (χ4n) is 2.48. The van der Waals surface area contributed by atoms with E-state index in [2.05, 4.69) is 15.1 Å². The van der Waals surface area contributed by atoms with Crippen LogP contribution in [0.15, 0.2) is 55.2 Å². The summed E-state index contributed by atoms with van der Waals surface area (Å²) in [5.74, 6) is 0.814. The molecule has 4 rings (SSSR count). The average molecular weight is 305 g/mol. The number of imidazole rings is 1. The molecule has 0 aliphatic carbocycles. The molecular formula is C16H15N7. The molecule has 0 saturated heterocycles. The number of hydrogen-bond donors (Lipinski definition) is 0. The lowest BCUT2D eigenvalue weighted by Crippen LogP contribution is -2.13. The summed E-state index contributed by atoms with van der Waals surface area (Å²) >= 11 is 0. The van der Waals surface area contributed by atoms with Gasteiger partial charge in [0, 0.05) is 32.1 Å². The van der Waals surface area contributed by atoms with Gasteiger partial charge in [0.05, 0.1) is 30.0 Å². The molecule has 7 nitrogen and oxygen atoms in total. The number of rotatable bonds is 3. The van der Waals surface area contributed by atoms with Gasteiger partial charge in [-0.05, 0) is 24.3 Å². The van der Waals surface area contributed by atoms with E-state index >= 15 is 0 Å². The van der Waals surface area contributed by atoms with Gasteiger partial charge in [0.2, 0.25) is 0 Å². The van der Waals surface area contributed by atoms with Crippen LogP contribution in [0.2, 0.25) is 0 Å². The van der Waals surface area contributed by atoms with Crippen molar-refractivity contribution in [1.29, 1.82) is 0 Å². The zero-order valence-corrected chi connectivity index (χ0v) is 12.8. The number of aryl methyl sites for hydroxylation is 1. The van der Waals surface area contributed by atoms with Gasteiger partial charge >= 0.3 is 0 Å². The molecule has 0 aliphatic rings. The van der Waals surface area contributed by atoms with Crippen molar-refractivity contribution < 1.29 is 0 Å². The van der Waals surface area contributed by atoms with Gasteiger partial charge in [-0.3, -0.25) is 9.67 Å². The minimum atomic E-state index is 0.798. The third kappa shape index (κ3) is 2.32. The maximum absolute atomic E-state index is 4.71. The average Bonchev–Trinajstić information content (AvgIpc) is 3.20. The molecule has 0 saturated carbocycles. The van der Waals surface area contributed by atoms with E-state index in [0.29, 0.717) is 0 Å². The fraction of sp³-hybridized carbons (Fsp3) is 0.125. The van der Waals surface area contributed by atoms with E-state index in [0.717, 1.165) is 28.4 Å². The Kier molecular flexibility index (Phi) is 3.04. The Bertz CT molecular complexity index is 955. The molecule has 0 spiro atoms. The van der Waals surface area contributed by atoms with Crippen LogP contribution in [-0.4, -0.2) is 36.4 Å². The number of aromatic nitrogens is 6. The van der Waals surface area contributed by atoms with E-state index < -0.39 is 0 Å². The van der Waals surface area contributed by atoms with Crippen LogP contribution in [-0.2, 0) is 7.05 Å². The molecule has 4 heterocycles. The Balaban J connectivity index is 1.81. The van der Waals surface area contributed by atoms with Gasteiger partial charge in [0.15, 0.2) is 11.5 Å². The Labute approximate surface area is 132 Å². The molecule has 4 aromatic heterocycles. The highest BCUT2D eigenvalue weighted by Crippen LogP contribution is 2.23. The van der Waals surface area contributed by atoms with Crippen LogP contribution in [0.3, 0.4) is 0 Å². The topological polar surface area (TPSA) is 64.1 Å². The van der Waals surface area contributed by atoms with Gasteiger partial charge in [0.1, 0.15) is 0 Å². The molecule has 114 valence electrons. The van der Waals surface area contributed by atoms with E-state index in [1.165, 1.54) is 0 Å². The summed E-state index contributed by atoms with van der Waals surface area (Å²) in [6.07, 6.45) is 9.13. The van der Waals surface area contributed by atoms with Crippen molar-refractivity contribution in [3.8, 4) is 11.3 Å². The van der Waals surface area contributed by atoms with Crippen LogP contribution in [0.1, 0.15) is 0 Å². The van der Waals surface area contributed by atoms with E-state index in [4.69, 9.17) is 5.10 Å². The van der Waals surface area contributed by atoms with Gasteiger partial charge < -0.3 is 4.90 Å². The first kappa shape index (κ1) is 13.4. The normalized spacial score (nSPS) is 11.0. The van der Waals surface area contributed by atoms with Gasteiger partial charge in [0.25, 0.3) is 0 Å². The smallest absolute Gasteiger partial charge is 0.154 e. The molecule has 4 aromatic rings. The molecular weight excluding hydrogens is 290 g/mol. The number of pyridine rings is 1. The summed E-state index contributed by atoms with van der Waals surface area (Å²) in [5.41, 5.74) is 3.66. The maximum Gasteiger partial charge on any atom is 0.154 e. The van der Waals surface area contributed by atoms with Crippen LogP contribution >= 0.6 is 0 Å². The van der Waals surface area contributed by atoms with E-state index in [-0.39, 0.29) is 0 Å². The van der Waals surface area contributed by atoms with Crippen molar-refractivity contribution in [2.24, 2.45) is 7.05 Å². The molecule has 0 atom stereocenters. The molecule has 0 N–H and O–H groups in total. The first-order valence-electron chi connectivity index (χ1n) is 7.20. The Morgan fingerprint density at radius 1 is 1.09 bits per heavy atom. The van der Waals surface area contributed by atoms with Crippen LogP contribution in [0.5, 0.6) is 0 Å². The molecule has 0 fully saturated rings. The standard InChI is InChI=1S/C16H15N7/c1-21-11-12(8-19-21)14-10-18-15-5-6-16(20-23(14)15)22(2)13-4-3-7-17-9-13/h3-11H,1-2H3. The zero-order chi connectivity index (χ0) is 15.8. The van der Waals surface area contributed by atoms with Crippen molar-refractivity contribution in [1.82, 2.24) is 29.4 Å². The monoisotopic (exact) mass is 305 g/mol. The SMILES string of the molecule is CN(c1cccnc1)c1ccc2ncc(-c3cnn(C)c3)n2n1. The van der Waals surface area contributed by atoms with Gasteiger partial charge in [-0.15, -0.1) is 5.10 Å². The zero-order valence-electron chi connectivity index (χ0n) is 12.8.